The van der Waals surface area contributed by atoms with E-state index < -0.39 is 0 Å². The van der Waals surface area contributed by atoms with Crippen molar-refractivity contribution in [1.29, 1.82) is 0 Å². The number of para-hydroxylation sites is 1. The van der Waals surface area contributed by atoms with Gasteiger partial charge in [-0.15, -0.1) is 0 Å². The lowest BCUT2D eigenvalue weighted by Gasteiger charge is -2.34. The molecule has 1 aliphatic rings. The highest BCUT2D eigenvalue weighted by molar-refractivity contribution is 6.07. The predicted octanol–water partition coefficient (Wildman–Crippen LogP) is 4.41. The van der Waals surface area contributed by atoms with E-state index in [0.717, 1.165) is 34.0 Å². The molecule has 176 valence electrons. The first kappa shape index (κ1) is 23.5. The summed E-state index contributed by atoms with van der Waals surface area (Å²) in [6.07, 6.45) is 1.47. The normalized spacial score (nSPS) is 15.7. The van der Waals surface area contributed by atoms with E-state index in [1.165, 1.54) is 4.90 Å². The Balaban J connectivity index is 1.40. The van der Waals surface area contributed by atoms with Crippen molar-refractivity contribution in [3.05, 3.63) is 77.4 Å². The summed E-state index contributed by atoms with van der Waals surface area (Å²) >= 11 is 0. The number of likely N-dealkylation sites (tertiary alicyclic amines) is 1. The zero-order valence-electron chi connectivity index (χ0n) is 20.0. The van der Waals surface area contributed by atoms with E-state index in [2.05, 4.69) is 5.32 Å². The molecule has 34 heavy (non-hydrogen) atoms. The lowest BCUT2D eigenvalue weighted by atomic mass is 9.95. The third-order valence-electron chi connectivity index (χ3n) is 6.58. The van der Waals surface area contributed by atoms with Crippen LogP contribution in [0.2, 0.25) is 0 Å². The SMILES string of the molecule is Cc1cccc(C)c1NC(=O)CN(C)C(=O)[C@H]1CCCN(C(=O)c2cccc3ccccc23)C1. The van der Waals surface area contributed by atoms with Crippen LogP contribution in [0, 0.1) is 19.8 Å². The summed E-state index contributed by atoms with van der Waals surface area (Å²) in [6, 6.07) is 19.4. The van der Waals surface area contributed by atoms with Gasteiger partial charge in [-0.25, -0.2) is 0 Å². The van der Waals surface area contributed by atoms with Crippen LogP contribution < -0.4 is 5.32 Å². The summed E-state index contributed by atoms with van der Waals surface area (Å²) in [4.78, 5) is 42.4. The van der Waals surface area contributed by atoms with Crippen LogP contribution >= 0.6 is 0 Å². The molecule has 0 bridgehead atoms. The number of rotatable bonds is 5. The second-order valence-electron chi connectivity index (χ2n) is 9.13. The van der Waals surface area contributed by atoms with Crippen LogP contribution in [0.5, 0.6) is 0 Å². The minimum absolute atomic E-state index is 0.0274. The summed E-state index contributed by atoms with van der Waals surface area (Å²) in [7, 11) is 1.65. The third kappa shape index (κ3) is 4.96. The van der Waals surface area contributed by atoms with Crippen molar-refractivity contribution in [2.45, 2.75) is 26.7 Å². The molecule has 4 rings (SSSR count). The Morgan fingerprint density at radius 1 is 0.971 bits per heavy atom. The van der Waals surface area contributed by atoms with Gasteiger partial charge in [0.1, 0.15) is 0 Å². The predicted molar refractivity (Wildman–Crippen MR) is 135 cm³/mol. The largest absolute Gasteiger partial charge is 0.338 e. The number of anilines is 1. The summed E-state index contributed by atoms with van der Waals surface area (Å²) in [5.41, 5.74) is 3.42. The minimum Gasteiger partial charge on any atom is -0.338 e. The first-order valence-corrected chi connectivity index (χ1v) is 11.7. The fraction of sp³-hybridized carbons (Fsp3) is 0.321. The molecule has 0 spiro atoms. The highest BCUT2D eigenvalue weighted by atomic mass is 16.2. The van der Waals surface area contributed by atoms with Gasteiger partial charge >= 0.3 is 0 Å². The number of nitrogens with one attached hydrogen (secondary N) is 1. The Morgan fingerprint density at radius 3 is 2.41 bits per heavy atom. The molecule has 1 N–H and O–H groups in total. The van der Waals surface area contributed by atoms with E-state index in [0.29, 0.717) is 25.1 Å². The maximum absolute atomic E-state index is 13.3. The first-order valence-electron chi connectivity index (χ1n) is 11.7. The molecule has 3 amide bonds. The maximum atomic E-state index is 13.3. The molecule has 1 atom stereocenters. The van der Waals surface area contributed by atoms with E-state index >= 15 is 0 Å². The average Bonchev–Trinajstić information content (AvgIpc) is 2.85. The number of likely N-dealkylation sites (N-methyl/N-ethyl adjacent to an activating group) is 1. The number of carbonyl (C=O) groups is 3. The van der Waals surface area contributed by atoms with Crippen molar-refractivity contribution in [2.75, 3.05) is 32.0 Å². The Hall–Kier alpha value is -3.67. The summed E-state index contributed by atoms with van der Waals surface area (Å²) in [5, 5.41) is 4.88. The van der Waals surface area contributed by atoms with E-state index in [-0.39, 0.29) is 30.2 Å². The molecule has 0 aromatic heterocycles. The molecule has 3 aromatic rings. The van der Waals surface area contributed by atoms with Crippen molar-refractivity contribution in [3.8, 4) is 0 Å². The lowest BCUT2D eigenvalue weighted by molar-refractivity contribution is -0.138. The fourth-order valence-corrected chi connectivity index (χ4v) is 4.74. The van der Waals surface area contributed by atoms with E-state index in [1.807, 2.05) is 74.5 Å². The highest BCUT2D eigenvalue weighted by Gasteiger charge is 2.31. The van der Waals surface area contributed by atoms with Gasteiger partial charge in [0.15, 0.2) is 0 Å². The molecule has 0 radical (unpaired) electrons. The monoisotopic (exact) mass is 457 g/mol. The van der Waals surface area contributed by atoms with Crippen LogP contribution in [-0.4, -0.2) is 54.2 Å². The Bertz CT molecular complexity index is 1210. The molecule has 6 nitrogen and oxygen atoms in total. The van der Waals surface area contributed by atoms with Crippen LogP contribution in [0.4, 0.5) is 5.69 Å². The van der Waals surface area contributed by atoms with E-state index in [1.54, 1.807) is 11.9 Å². The number of amides is 3. The summed E-state index contributed by atoms with van der Waals surface area (Å²) < 4.78 is 0. The zero-order chi connectivity index (χ0) is 24.2. The highest BCUT2D eigenvalue weighted by Crippen LogP contribution is 2.25. The smallest absolute Gasteiger partial charge is 0.254 e. The van der Waals surface area contributed by atoms with Crippen molar-refractivity contribution >= 4 is 34.2 Å². The number of aryl methyl sites for hydroxylation is 2. The summed E-state index contributed by atoms with van der Waals surface area (Å²) in [6.45, 7) is 4.86. The van der Waals surface area contributed by atoms with Gasteiger partial charge in [0.25, 0.3) is 5.91 Å². The number of piperidine rings is 1. The number of nitrogens with zero attached hydrogens (tertiary/aromatic N) is 2. The second kappa shape index (κ2) is 10.1. The maximum Gasteiger partial charge on any atom is 0.254 e. The summed E-state index contributed by atoms with van der Waals surface area (Å²) in [5.74, 6) is -0.699. The number of fused-ring (bicyclic) bond motifs is 1. The molecule has 0 aliphatic carbocycles. The number of hydrogen-bond donors (Lipinski definition) is 1. The van der Waals surface area contributed by atoms with Crippen molar-refractivity contribution in [3.63, 3.8) is 0 Å². The van der Waals surface area contributed by atoms with Gasteiger partial charge in [-0.2, -0.15) is 0 Å². The first-order chi connectivity index (χ1) is 16.3. The van der Waals surface area contributed by atoms with Crippen molar-refractivity contribution < 1.29 is 14.4 Å². The number of benzene rings is 3. The zero-order valence-corrected chi connectivity index (χ0v) is 20.0. The van der Waals surface area contributed by atoms with Crippen LogP contribution in [0.1, 0.15) is 34.3 Å². The average molecular weight is 458 g/mol. The topological polar surface area (TPSA) is 69.7 Å². The second-order valence-corrected chi connectivity index (χ2v) is 9.13. The quantitative estimate of drug-likeness (QED) is 0.617. The van der Waals surface area contributed by atoms with Crippen LogP contribution in [0.25, 0.3) is 10.8 Å². The molecule has 6 heteroatoms. The number of carbonyl (C=O) groups excluding carboxylic acids is 3. The van der Waals surface area contributed by atoms with Crippen molar-refractivity contribution in [2.24, 2.45) is 5.92 Å². The molecule has 0 saturated carbocycles. The van der Waals surface area contributed by atoms with Gasteiger partial charge in [-0.1, -0.05) is 54.6 Å². The lowest BCUT2D eigenvalue weighted by Crippen LogP contribution is -2.47. The standard InChI is InChI=1S/C28H31N3O3/c1-19-9-6-10-20(2)26(19)29-25(32)18-30(3)27(33)22-13-8-16-31(17-22)28(34)24-15-7-12-21-11-4-5-14-23(21)24/h4-7,9-12,14-15,22H,8,13,16-18H2,1-3H3,(H,29,32)/t22-/m0/s1. The molecular weight excluding hydrogens is 426 g/mol. The van der Waals surface area contributed by atoms with Gasteiger partial charge in [0.05, 0.1) is 12.5 Å². The Morgan fingerprint density at radius 2 is 1.65 bits per heavy atom. The van der Waals surface area contributed by atoms with Gasteiger partial charge in [-0.3, -0.25) is 14.4 Å². The molecule has 3 aromatic carbocycles. The van der Waals surface area contributed by atoms with Crippen LogP contribution in [0.3, 0.4) is 0 Å². The fourth-order valence-electron chi connectivity index (χ4n) is 4.74. The van der Waals surface area contributed by atoms with Crippen molar-refractivity contribution in [1.82, 2.24) is 9.80 Å². The van der Waals surface area contributed by atoms with Crippen LogP contribution in [-0.2, 0) is 9.59 Å². The molecule has 1 aliphatic heterocycles. The molecule has 1 fully saturated rings. The van der Waals surface area contributed by atoms with Gasteiger partial charge in [0.2, 0.25) is 11.8 Å². The Kier molecular flexibility index (Phi) is 6.96. The molecule has 1 heterocycles. The van der Waals surface area contributed by atoms with Gasteiger partial charge in [0, 0.05) is 31.4 Å². The molecular formula is C28H31N3O3. The van der Waals surface area contributed by atoms with Gasteiger partial charge in [-0.05, 0) is 54.7 Å². The van der Waals surface area contributed by atoms with E-state index in [9.17, 15) is 14.4 Å². The van der Waals surface area contributed by atoms with Crippen LogP contribution in [0.15, 0.2) is 60.7 Å². The molecule has 1 saturated heterocycles. The number of hydrogen-bond acceptors (Lipinski definition) is 3. The van der Waals surface area contributed by atoms with Gasteiger partial charge < -0.3 is 15.1 Å². The minimum atomic E-state index is -0.314. The third-order valence-corrected chi connectivity index (χ3v) is 6.58. The Labute approximate surface area is 200 Å². The van der Waals surface area contributed by atoms with E-state index in [4.69, 9.17) is 0 Å². The molecule has 0 unspecified atom stereocenters.